The number of carbonyl (C=O) groups is 2. The minimum atomic E-state index is -0.535. The molecule has 0 heterocycles. The van der Waals surface area contributed by atoms with Crippen LogP contribution in [0.25, 0.3) is 0 Å². The van der Waals surface area contributed by atoms with Gasteiger partial charge in [0.2, 0.25) is 0 Å². The van der Waals surface area contributed by atoms with Crippen LogP contribution in [0.4, 0.5) is 4.79 Å². The Morgan fingerprint density at radius 3 is 2.36 bits per heavy atom. The fourth-order valence-corrected chi connectivity index (χ4v) is 1.77. The van der Waals surface area contributed by atoms with Gasteiger partial charge in [0.1, 0.15) is 5.60 Å². The van der Waals surface area contributed by atoms with Gasteiger partial charge >= 0.3 is 6.09 Å². The smallest absolute Gasteiger partial charge is 0.407 e. The van der Waals surface area contributed by atoms with Crippen LogP contribution in [0.1, 0.15) is 36.7 Å². The molecule has 1 rings (SSSR count). The van der Waals surface area contributed by atoms with Gasteiger partial charge in [-0.15, -0.1) is 0 Å². The van der Waals surface area contributed by atoms with E-state index in [0.717, 1.165) is 5.56 Å². The number of hydrogen-bond acceptors (Lipinski definition) is 4. The van der Waals surface area contributed by atoms with Gasteiger partial charge < -0.3 is 20.1 Å². The lowest BCUT2D eigenvalue weighted by atomic mass is 10.1. The quantitative estimate of drug-likeness (QED) is 0.789. The standard InChI is InChI=1S/C16H24N2O4/c1-16(2,3)22-15(20)18-10-9-17-14(19)13-8-6-5-7-12(13)11-21-4/h5-8H,9-11H2,1-4H3,(H,17,19)(H,18,20). The van der Waals surface area contributed by atoms with Crippen molar-refractivity contribution in [1.82, 2.24) is 10.6 Å². The Bertz CT molecular complexity index is 509. The largest absolute Gasteiger partial charge is 0.444 e. The van der Waals surface area contributed by atoms with Crippen LogP contribution >= 0.6 is 0 Å². The molecule has 0 saturated carbocycles. The first kappa shape index (κ1) is 18.0. The van der Waals surface area contributed by atoms with Gasteiger partial charge in [-0.3, -0.25) is 4.79 Å². The second-order valence-corrected chi connectivity index (χ2v) is 5.77. The van der Waals surface area contributed by atoms with Crippen molar-refractivity contribution in [3.05, 3.63) is 35.4 Å². The van der Waals surface area contributed by atoms with E-state index in [1.54, 1.807) is 40.0 Å². The summed E-state index contributed by atoms with van der Waals surface area (Å²) in [6.07, 6.45) is -0.499. The highest BCUT2D eigenvalue weighted by Gasteiger charge is 2.15. The molecule has 122 valence electrons. The summed E-state index contributed by atoms with van der Waals surface area (Å²) < 4.78 is 10.2. The summed E-state index contributed by atoms with van der Waals surface area (Å²) in [6, 6.07) is 7.24. The zero-order chi connectivity index (χ0) is 16.6. The maximum atomic E-state index is 12.1. The lowest BCUT2D eigenvalue weighted by molar-refractivity contribution is 0.0526. The monoisotopic (exact) mass is 308 g/mol. The second kappa shape index (κ2) is 8.38. The number of rotatable bonds is 6. The Hall–Kier alpha value is -2.08. The molecule has 0 atom stereocenters. The van der Waals surface area contributed by atoms with Gasteiger partial charge in [-0.05, 0) is 32.4 Å². The molecule has 2 amide bonds. The molecular formula is C16H24N2O4. The maximum Gasteiger partial charge on any atom is 0.407 e. The number of benzene rings is 1. The molecule has 0 aliphatic carbocycles. The van der Waals surface area contributed by atoms with Crippen molar-refractivity contribution in [2.75, 3.05) is 20.2 Å². The van der Waals surface area contributed by atoms with Gasteiger partial charge in [-0.2, -0.15) is 0 Å². The predicted molar refractivity (Wildman–Crippen MR) is 83.7 cm³/mol. The molecule has 6 heteroatoms. The minimum Gasteiger partial charge on any atom is -0.444 e. The van der Waals surface area contributed by atoms with Crippen LogP contribution in [0.3, 0.4) is 0 Å². The summed E-state index contributed by atoms with van der Waals surface area (Å²) >= 11 is 0. The van der Waals surface area contributed by atoms with Gasteiger partial charge in [0.05, 0.1) is 6.61 Å². The molecule has 0 aliphatic heterocycles. The average molecular weight is 308 g/mol. The van der Waals surface area contributed by atoms with Crippen molar-refractivity contribution in [2.24, 2.45) is 0 Å². The van der Waals surface area contributed by atoms with Crippen molar-refractivity contribution < 1.29 is 19.1 Å². The third-order valence-electron chi connectivity index (χ3n) is 2.64. The molecule has 6 nitrogen and oxygen atoms in total. The van der Waals surface area contributed by atoms with Crippen molar-refractivity contribution in [2.45, 2.75) is 33.0 Å². The molecule has 1 aromatic carbocycles. The third kappa shape index (κ3) is 6.58. The molecule has 0 unspecified atom stereocenters. The summed E-state index contributed by atoms with van der Waals surface area (Å²) in [4.78, 5) is 23.6. The van der Waals surface area contributed by atoms with E-state index in [-0.39, 0.29) is 5.91 Å². The van der Waals surface area contributed by atoms with Gasteiger partial charge in [-0.25, -0.2) is 4.79 Å². The Balaban J connectivity index is 2.39. The number of hydrogen-bond donors (Lipinski definition) is 2. The van der Waals surface area contributed by atoms with E-state index < -0.39 is 11.7 Å². The third-order valence-corrected chi connectivity index (χ3v) is 2.64. The van der Waals surface area contributed by atoms with Crippen molar-refractivity contribution >= 4 is 12.0 Å². The summed E-state index contributed by atoms with van der Waals surface area (Å²) in [6.45, 7) is 6.37. The molecule has 1 aromatic rings. The molecule has 2 N–H and O–H groups in total. The number of amides is 2. The zero-order valence-electron chi connectivity index (χ0n) is 13.6. The van der Waals surface area contributed by atoms with E-state index in [1.165, 1.54) is 0 Å². The van der Waals surface area contributed by atoms with Gasteiger partial charge in [0.15, 0.2) is 0 Å². The van der Waals surface area contributed by atoms with Crippen LogP contribution in [0, 0.1) is 0 Å². The van der Waals surface area contributed by atoms with Crippen LogP contribution < -0.4 is 10.6 Å². The molecule has 0 aromatic heterocycles. The second-order valence-electron chi connectivity index (χ2n) is 5.77. The van der Waals surface area contributed by atoms with Crippen LogP contribution in [-0.2, 0) is 16.1 Å². The Morgan fingerprint density at radius 2 is 1.73 bits per heavy atom. The molecular weight excluding hydrogens is 284 g/mol. The first-order valence-electron chi connectivity index (χ1n) is 7.15. The molecule has 0 aliphatic rings. The van der Waals surface area contributed by atoms with Crippen LogP contribution in [0.15, 0.2) is 24.3 Å². The first-order chi connectivity index (χ1) is 10.3. The lowest BCUT2D eigenvalue weighted by Gasteiger charge is -2.19. The summed E-state index contributed by atoms with van der Waals surface area (Å²) in [7, 11) is 1.58. The van der Waals surface area contributed by atoms with Crippen LogP contribution in [-0.4, -0.2) is 37.8 Å². The SMILES string of the molecule is COCc1ccccc1C(=O)NCCNC(=O)OC(C)(C)C. The van der Waals surface area contributed by atoms with Gasteiger partial charge in [0, 0.05) is 25.8 Å². The summed E-state index contributed by atoms with van der Waals surface area (Å²) in [5.74, 6) is -0.196. The van der Waals surface area contributed by atoms with E-state index in [4.69, 9.17) is 9.47 Å². The van der Waals surface area contributed by atoms with E-state index in [0.29, 0.717) is 25.3 Å². The van der Waals surface area contributed by atoms with Crippen molar-refractivity contribution in [3.63, 3.8) is 0 Å². The Labute approximate surface area is 131 Å². The lowest BCUT2D eigenvalue weighted by Crippen LogP contribution is -2.38. The highest BCUT2D eigenvalue weighted by Crippen LogP contribution is 2.09. The van der Waals surface area contributed by atoms with E-state index in [9.17, 15) is 9.59 Å². The van der Waals surface area contributed by atoms with Gasteiger partial charge in [0.25, 0.3) is 5.91 Å². The average Bonchev–Trinajstić information content (AvgIpc) is 2.42. The normalized spacial score (nSPS) is 10.9. The summed E-state index contributed by atoms with van der Waals surface area (Å²) in [5, 5.41) is 5.34. The fraction of sp³-hybridized carbons (Fsp3) is 0.500. The van der Waals surface area contributed by atoms with E-state index in [2.05, 4.69) is 10.6 Å². The van der Waals surface area contributed by atoms with Crippen LogP contribution in [0.2, 0.25) is 0 Å². The van der Waals surface area contributed by atoms with E-state index in [1.807, 2.05) is 12.1 Å². The van der Waals surface area contributed by atoms with Crippen molar-refractivity contribution in [1.29, 1.82) is 0 Å². The number of nitrogens with one attached hydrogen (secondary N) is 2. The van der Waals surface area contributed by atoms with E-state index >= 15 is 0 Å². The molecule has 22 heavy (non-hydrogen) atoms. The Morgan fingerprint density at radius 1 is 1.09 bits per heavy atom. The number of ether oxygens (including phenoxy) is 2. The predicted octanol–water partition coefficient (Wildman–Crippen LogP) is 2.09. The first-order valence-corrected chi connectivity index (χ1v) is 7.15. The maximum absolute atomic E-state index is 12.1. The van der Waals surface area contributed by atoms with Crippen LogP contribution in [0.5, 0.6) is 0 Å². The molecule has 0 saturated heterocycles. The highest BCUT2D eigenvalue weighted by molar-refractivity contribution is 5.95. The number of methoxy groups -OCH3 is 1. The summed E-state index contributed by atoms with van der Waals surface area (Å²) in [5.41, 5.74) is 0.858. The molecule has 0 bridgehead atoms. The topological polar surface area (TPSA) is 76.7 Å². The fourth-order valence-electron chi connectivity index (χ4n) is 1.77. The van der Waals surface area contributed by atoms with Crippen molar-refractivity contribution in [3.8, 4) is 0 Å². The molecule has 0 spiro atoms. The highest BCUT2D eigenvalue weighted by atomic mass is 16.6. The molecule has 0 radical (unpaired) electrons. The zero-order valence-corrected chi connectivity index (χ0v) is 13.6. The number of carbonyl (C=O) groups excluding carboxylic acids is 2. The van der Waals surface area contributed by atoms with Gasteiger partial charge in [-0.1, -0.05) is 18.2 Å². The molecule has 0 fully saturated rings. The Kier molecular flexibility index (Phi) is 6.85. The number of alkyl carbamates (subject to hydrolysis) is 1. The minimum absolute atomic E-state index is 0.196.